The van der Waals surface area contributed by atoms with Gasteiger partial charge >= 0.3 is 0 Å². The third-order valence-electron chi connectivity index (χ3n) is 2.33. The van der Waals surface area contributed by atoms with Crippen molar-refractivity contribution in [1.82, 2.24) is 0 Å². The Morgan fingerprint density at radius 3 is 0.500 bits per heavy atom. The van der Waals surface area contributed by atoms with E-state index in [0.717, 1.165) is 0 Å². The largest absolute Gasteiger partial charge is 0.0683 e. The molecule has 0 unspecified atom stereocenters. The molecule has 204 valence electrons. The van der Waals surface area contributed by atoms with Crippen LogP contribution >= 0.6 is 37.2 Å². The van der Waals surface area contributed by atoms with Crippen LogP contribution in [0.5, 0.6) is 0 Å². The number of rotatable bonds is 0. The summed E-state index contributed by atoms with van der Waals surface area (Å²) in [6, 6.07) is 28.7. The van der Waals surface area contributed by atoms with Crippen molar-refractivity contribution in [2.24, 2.45) is 0 Å². The Bertz CT molecular complexity index is 445. The molecule has 0 bridgehead atoms. The van der Waals surface area contributed by atoms with Gasteiger partial charge in [-0.2, -0.15) is 0 Å². The molecule has 0 spiro atoms. The second-order valence-electron chi connectivity index (χ2n) is 3.50. The Balaban J connectivity index is -0.0000000413. The summed E-state index contributed by atoms with van der Waals surface area (Å²) in [4.78, 5) is 0. The fourth-order valence-electron chi connectivity index (χ4n) is 1.52. The van der Waals surface area contributed by atoms with E-state index in [0.29, 0.717) is 0 Å². The van der Waals surface area contributed by atoms with E-state index in [4.69, 9.17) is 0 Å². The van der Waals surface area contributed by atoms with Crippen molar-refractivity contribution in [1.29, 1.82) is 0 Å². The molecular formula is C32H62I2. The van der Waals surface area contributed by atoms with Gasteiger partial charge < -0.3 is 0 Å². The predicted molar refractivity (Wildman–Crippen MR) is 189 cm³/mol. The molecule has 0 heterocycles. The molecule has 2 heteroatoms. The van der Waals surface area contributed by atoms with Gasteiger partial charge in [-0.1, -0.05) is 196 Å². The number of halogens is 2. The van der Waals surface area contributed by atoms with Gasteiger partial charge in [-0.3, -0.25) is 0 Å². The van der Waals surface area contributed by atoms with Crippen molar-refractivity contribution in [3.8, 4) is 0 Å². The fraction of sp³-hybridized carbons (Fsp3) is 0.500. The maximum absolute atomic E-state index is 2.12. The molecule has 3 rings (SSSR count). The maximum atomic E-state index is 2.12. The smallest absolute Gasteiger partial charge is 0 e. The van der Waals surface area contributed by atoms with Crippen LogP contribution in [0.25, 0.3) is 10.8 Å². The van der Waals surface area contributed by atoms with Crippen LogP contribution in [-0.2, 0) is 0 Å². The minimum absolute atomic E-state index is 1.31. The molecule has 0 N–H and O–H groups in total. The van der Waals surface area contributed by atoms with Crippen molar-refractivity contribution in [2.75, 3.05) is 0 Å². The maximum Gasteiger partial charge on any atom is 0 e. The van der Waals surface area contributed by atoms with Gasteiger partial charge in [0.05, 0.1) is 0 Å². The Morgan fingerprint density at radius 2 is 0.382 bits per heavy atom. The van der Waals surface area contributed by atoms with Crippen LogP contribution in [0.2, 0.25) is 0 Å². The molecule has 34 heavy (non-hydrogen) atoms. The van der Waals surface area contributed by atoms with Crippen LogP contribution in [0.15, 0.2) is 84.9 Å². The molecule has 0 aromatic heterocycles. The van der Waals surface area contributed by atoms with E-state index in [1.807, 2.05) is 147 Å². The molecule has 0 atom stereocenters. The third kappa shape index (κ3) is 53.0. The van der Waals surface area contributed by atoms with Gasteiger partial charge in [-0.05, 0) is 10.8 Å². The highest BCUT2D eigenvalue weighted by molar-refractivity contribution is 15.0. The molecule has 0 fully saturated rings. The Hall–Kier alpha value is -0.620. The molecule has 0 amide bonds. The summed E-state index contributed by atoms with van der Waals surface area (Å²) in [5.74, 6) is 0. The van der Waals surface area contributed by atoms with E-state index in [1.165, 1.54) is 10.8 Å². The van der Waals surface area contributed by atoms with Crippen molar-refractivity contribution >= 4 is 48.0 Å². The lowest BCUT2D eigenvalue weighted by atomic mass is 10.1. The van der Waals surface area contributed by atoms with E-state index >= 15 is 0 Å². The zero-order chi connectivity index (χ0) is 29.1. The van der Waals surface area contributed by atoms with E-state index < -0.39 is 0 Å². The van der Waals surface area contributed by atoms with Crippen LogP contribution < -0.4 is 0 Å². The molecule has 0 aliphatic rings. The SMILES string of the molecule is CC.CC.CC.CC.CC.CC.CC.CC.II.c1ccc2ccccc2c1.c1ccccc1. The van der Waals surface area contributed by atoms with Crippen molar-refractivity contribution in [3.63, 3.8) is 0 Å². The lowest BCUT2D eigenvalue weighted by Crippen LogP contribution is -1.67. The number of hydrogen-bond donors (Lipinski definition) is 0. The Labute approximate surface area is 242 Å². The second kappa shape index (κ2) is 84.9. The summed E-state index contributed by atoms with van der Waals surface area (Å²) in [7, 11) is 0. The first kappa shape index (κ1) is 54.3. The number of hydrogen-bond acceptors (Lipinski definition) is 0. The van der Waals surface area contributed by atoms with Gasteiger partial charge in [0.15, 0.2) is 0 Å². The zero-order valence-electron chi connectivity index (χ0n) is 25.8. The highest BCUT2D eigenvalue weighted by Crippen LogP contribution is 2.11. The van der Waals surface area contributed by atoms with Crippen molar-refractivity contribution < 1.29 is 0 Å². The minimum atomic E-state index is 1.31. The summed E-state index contributed by atoms with van der Waals surface area (Å²) in [5, 5.41) is 2.62. The van der Waals surface area contributed by atoms with E-state index in [1.54, 1.807) is 0 Å². The van der Waals surface area contributed by atoms with Crippen LogP contribution in [-0.4, -0.2) is 0 Å². The van der Waals surface area contributed by atoms with Crippen LogP contribution in [0, 0.1) is 0 Å². The Morgan fingerprint density at radius 1 is 0.265 bits per heavy atom. The third-order valence-corrected chi connectivity index (χ3v) is 2.33. The normalized spacial score (nSPS) is 5.94. The van der Waals surface area contributed by atoms with Gasteiger partial charge in [0.2, 0.25) is 0 Å². The summed E-state index contributed by atoms with van der Waals surface area (Å²) < 4.78 is 0. The highest BCUT2D eigenvalue weighted by atomic mass is 128. The van der Waals surface area contributed by atoms with E-state index in [9.17, 15) is 0 Å². The molecule has 0 nitrogen and oxygen atoms in total. The fourth-order valence-corrected chi connectivity index (χ4v) is 1.52. The molecule has 3 aromatic carbocycles. The first-order valence-electron chi connectivity index (χ1n) is 13.5. The van der Waals surface area contributed by atoms with Gasteiger partial charge in [-0.25, -0.2) is 0 Å². The quantitative estimate of drug-likeness (QED) is 0.205. The molecular weight excluding hydrogens is 638 g/mol. The summed E-state index contributed by atoms with van der Waals surface area (Å²) in [6.07, 6.45) is 0. The first-order valence-corrected chi connectivity index (χ1v) is 19.8. The van der Waals surface area contributed by atoms with Crippen molar-refractivity contribution in [3.05, 3.63) is 84.9 Å². The van der Waals surface area contributed by atoms with Crippen molar-refractivity contribution in [2.45, 2.75) is 111 Å². The van der Waals surface area contributed by atoms with Crippen LogP contribution in [0.3, 0.4) is 0 Å². The molecule has 0 saturated carbocycles. The van der Waals surface area contributed by atoms with Gasteiger partial charge in [-0.15, -0.1) is 0 Å². The minimum Gasteiger partial charge on any atom is -0.0683 e. The molecule has 0 aliphatic carbocycles. The molecule has 3 aromatic rings. The lowest BCUT2D eigenvalue weighted by Gasteiger charge is -1.92. The van der Waals surface area contributed by atoms with Crippen LogP contribution in [0.4, 0.5) is 0 Å². The molecule has 0 saturated heterocycles. The predicted octanol–water partition coefficient (Wildman–Crippen LogP) is 14.5. The zero-order valence-corrected chi connectivity index (χ0v) is 30.2. The monoisotopic (exact) mass is 700 g/mol. The average Bonchev–Trinajstić information content (AvgIpc) is 3.03. The van der Waals surface area contributed by atoms with Gasteiger partial charge in [0.1, 0.15) is 0 Å². The highest BCUT2D eigenvalue weighted by Gasteiger charge is 1.85. The second-order valence-corrected chi connectivity index (χ2v) is 3.50. The number of benzene rings is 3. The molecule has 0 aliphatic heterocycles. The standard InChI is InChI=1S/C10H8.C6H6.8C2H6.I2/c1-2-6-10-8-4-3-7-9(10)5-1;1-2-4-6-5-3-1;9*1-2/h1-8H;1-6H;8*1-2H3;. The van der Waals surface area contributed by atoms with E-state index in [-0.39, 0.29) is 0 Å². The van der Waals surface area contributed by atoms with Crippen LogP contribution in [0.1, 0.15) is 111 Å². The summed E-state index contributed by atoms with van der Waals surface area (Å²) >= 11 is 4.24. The topological polar surface area (TPSA) is 0 Å². The summed E-state index contributed by atoms with van der Waals surface area (Å²) in [5.41, 5.74) is 0. The molecule has 0 radical (unpaired) electrons. The lowest BCUT2D eigenvalue weighted by molar-refractivity contribution is 1.50. The van der Waals surface area contributed by atoms with Gasteiger partial charge in [0, 0.05) is 37.2 Å². The average molecular weight is 701 g/mol. The first-order chi connectivity index (χ1) is 17.0. The van der Waals surface area contributed by atoms with Gasteiger partial charge in [0.25, 0.3) is 0 Å². The summed E-state index contributed by atoms with van der Waals surface area (Å²) in [6.45, 7) is 32.0. The van der Waals surface area contributed by atoms with E-state index in [2.05, 4.69) is 85.8 Å². The number of fused-ring (bicyclic) bond motifs is 1. The Kier molecular flexibility index (Phi) is 136.